The Bertz CT molecular complexity index is 854. The van der Waals surface area contributed by atoms with Crippen molar-refractivity contribution < 1.29 is 4.39 Å². The van der Waals surface area contributed by atoms with Crippen molar-refractivity contribution in [1.29, 1.82) is 5.26 Å². The van der Waals surface area contributed by atoms with Gasteiger partial charge in [0, 0.05) is 21.7 Å². The van der Waals surface area contributed by atoms with E-state index in [2.05, 4.69) is 32.3 Å². The molecule has 3 rings (SSSR count). The highest BCUT2D eigenvalue weighted by atomic mass is 79.9. The number of rotatable bonds is 2. The summed E-state index contributed by atoms with van der Waals surface area (Å²) in [6, 6.07) is 14.3. The van der Waals surface area contributed by atoms with E-state index in [4.69, 9.17) is 0 Å². The monoisotopic (exact) mass is 341 g/mol. The third kappa shape index (κ3) is 2.58. The van der Waals surface area contributed by atoms with Crippen LogP contribution in [-0.2, 0) is 0 Å². The lowest BCUT2D eigenvalue weighted by atomic mass is 10.1. The fourth-order valence-corrected chi connectivity index (χ4v) is 2.35. The molecule has 0 aliphatic carbocycles. The van der Waals surface area contributed by atoms with Gasteiger partial charge in [-0.15, -0.1) is 0 Å². The van der Waals surface area contributed by atoms with Crippen molar-refractivity contribution in [1.82, 2.24) is 4.98 Å². The number of para-hydroxylation sites is 1. The van der Waals surface area contributed by atoms with Gasteiger partial charge >= 0.3 is 0 Å². The molecule has 0 saturated carbocycles. The van der Waals surface area contributed by atoms with Crippen LogP contribution in [-0.4, -0.2) is 4.98 Å². The van der Waals surface area contributed by atoms with Gasteiger partial charge in [-0.05, 0) is 30.3 Å². The third-order valence-electron chi connectivity index (χ3n) is 3.08. The number of hydrogen-bond donors (Lipinski definition) is 1. The summed E-state index contributed by atoms with van der Waals surface area (Å²) >= 11 is 3.37. The molecule has 0 amide bonds. The van der Waals surface area contributed by atoms with Crippen molar-refractivity contribution >= 4 is 38.2 Å². The second-order valence-corrected chi connectivity index (χ2v) is 5.34. The smallest absolute Gasteiger partial charge is 0.149 e. The quantitative estimate of drug-likeness (QED) is 0.731. The Balaban J connectivity index is 2.18. The minimum atomic E-state index is -0.407. The molecule has 0 fully saturated rings. The van der Waals surface area contributed by atoms with E-state index in [0.717, 1.165) is 10.2 Å². The number of nitrogens with one attached hydrogen (secondary N) is 1. The molecule has 1 N–H and O–H groups in total. The lowest BCUT2D eigenvalue weighted by Gasteiger charge is -2.11. The normalized spacial score (nSPS) is 10.3. The van der Waals surface area contributed by atoms with Gasteiger partial charge in [-0.25, -0.2) is 4.39 Å². The topological polar surface area (TPSA) is 48.7 Å². The van der Waals surface area contributed by atoms with E-state index in [0.29, 0.717) is 16.6 Å². The first-order valence-electron chi connectivity index (χ1n) is 6.19. The number of benzene rings is 2. The number of hydrogen-bond acceptors (Lipinski definition) is 3. The van der Waals surface area contributed by atoms with Gasteiger partial charge in [0.05, 0.1) is 11.3 Å². The fraction of sp³-hybridized carbons (Fsp3) is 0. The number of halogens is 2. The molecular formula is C16H9BrFN3. The van der Waals surface area contributed by atoms with Crippen LogP contribution in [0, 0.1) is 17.1 Å². The van der Waals surface area contributed by atoms with Crippen molar-refractivity contribution in [2.75, 3.05) is 5.32 Å². The summed E-state index contributed by atoms with van der Waals surface area (Å²) in [7, 11) is 0. The molecule has 0 saturated heterocycles. The maximum Gasteiger partial charge on any atom is 0.149 e. The Morgan fingerprint density at radius 1 is 1.14 bits per heavy atom. The molecule has 2 aromatic carbocycles. The summed E-state index contributed by atoms with van der Waals surface area (Å²) in [5.74, 6) is -0.407. The molecule has 0 unspecified atom stereocenters. The van der Waals surface area contributed by atoms with Crippen molar-refractivity contribution in [3.05, 3.63) is 64.5 Å². The van der Waals surface area contributed by atoms with Gasteiger partial charge in [0.2, 0.25) is 0 Å². The van der Waals surface area contributed by atoms with Gasteiger partial charge in [-0.3, -0.25) is 4.98 Å². The van der Waals surface area contributed by atoms with Crippen LogP contribution >= 0.6 is 15.9 Å². The van der Waals surface area contributed by atoms with Gasteiger partial charge < -0.3 is 5.32 Å². The third-order valence-corrected chi connectivity index (χ3v) is 3.61. The van der Waals surface area contributed by atoms with Crippen LogP contribution in [0.1, 0.15) is 5.56 Å². The van der Waals surface area contributed by atoms with E-state index < -0.39 is 5.82 Å². The zero-order valence-corrected chi connectivity index (χ0v) is 12.4. The summed E-state index contributed by atoms with van der Waals surface area (Å²) in [4.78, 5) is 4.02. The van der Waals surface area contributed by atoms with E-state index in [-0.39, 0.29) is 5.52 Å². The Labute approximate surface area is 129 Å². The number of anilines is 2. The second kappa shape index (κ2) is 5.51. The highest BCUT2D eigenvalue weighted by molar-refractivity contribution is 9.10. The minimum Gasteiger partial charge on any atom is -0.354 e. The summed E-state index contributed by atoms with van der Waals surface area (Å²) in [5.41, 5.74) is 1.99. The lowest BCUT2D eigenvalue weighted by molar-refractivity contribution is 0.637. The Kier molecular flexibility index (Phi) is 3.55. The lowest BCUT2D eigenvalue weighted by Crippen LogP contribution is -1.97. The largest absolute Gasteiger partial charge is 0.354 e. The van der Waals surface area contributed by atoms with E-state index in [1.54, 1.807) is 12.1 Å². The summed E-state index contributed by atoms with van der Waals surface area (Å²) in [5, 5.41) is 13.0. The molecule has 0 radical (unpaired) electrons. The average Bonchev–Trinajstić information content (AvgIpc) is 2.50. The second-order valence-electron chi connectivity index (χ2n) is 4.43. The molecule has 0 aliphatic rings. The van der Waals surface area contributed by atoms with Crippen LogP contribution in [0.4, 0.5) is 15.8 Å². The predicted molar refractivity (Wildman–Crippen MR) is 83.8 cm³/mol. The number of nitriles is 1. The van der Waals surface area contributed by atoms with E-state index in [9.17, 15) is 9.65 Å². The Morgan fingerprint density at radius 2 is 1.90 bits per heavy atom. The van der Waals surface area contributed by atoms with E-state index >= 15 is 0 Å². The average molecular weight is 342 g/mol. The summed E-state index contributed by atoms with van der Waals surface area (Å²) in [6.45, 7) is 0. The van der Waals surface area contributed by atoms with Gasteiger partial charge in [0.15, 0.2) is 0 Å². The molecule has 0 aliphatic heterocycles. The Morgan fingerprint density at radius 3 is 2.62 bits per heavy atom. The Hall–Kier alpha value is -2.45. The number of nitrogens with zero attached hydrogens (tertiary/aromatic N) is 2. The van der Waals surface area contributed by atoms with E-state index in [1.807, 2.05) is 24.3 Å². The number of aromatic nitrogens is 1. The maximum absolute atomic E-state index is 13.8. The zero-order valence-electron chi connectivity index (χ0n) is 10.8. The van der Waals surface area contributed by atoms with Crippen LogP contribution in [0.2, 0.25) is 0 Å². The standard InChI is InChI=1S/C16H9BrFN3/c17-11-4-6-12(7-5-11)21-15-10(8-19)9-20-16-13(15)2-1-3-14(16)18/h1-7,9H,(H,20,21). The highest BCUT2D eigenvalue weighted by Gasteiger charge is 2.11. The molecule has 3 nitrogen and oxygen atoms in total. The van der Waals surface area contributed by atoms with Gasteiger partial charge in [0.1, 0.15) is 17.4 Å². The first-order valence-corrected chi connectivity index (χ1v) is 6.98. The van der Waals surface area contributed by atoms with Crippen LogP contribution in [0.5, 0.6) is 0 Å². The van der Waals surface area contributed by atoms with Crippen molar-refractivity contribution in [2.45, 2.75) is 0 Å². The minimum absolute atomic E-state index is 0.246. The molecule has 5 heteroatoms. The zero-order chi connectivity index (χ0) is 14.8. The molecule has 3 aromatic rings. The molecule has 21 heavy (non-hydrogen) atoms. The van der Waals surface area contributed by atoms with Crippen LogP contribution in [0.25, 0.3) is 10.9 Å². The predicted octanol–water partition coefficient (Wildman–Crippen LogP) is 4.75. The molecule has 102 valence electrons. The molecule has 0 atom stereocenters. The molecule has 0 bridgehead atoms. The SMILES string of the molecule is N#Cc1cnc2c(F)cccc2c1Nc1ccc(Br)cc1. The summed E-state index contributed by atoms with van der Waals surface area (Å²) in [6.07, 6.45) is 1.38. The van der Waals surface area contributed by atoms with Gasteiger partial charge in [0.25, 0.3) is 0 Å². The molecule has 1 heterocycles. The first-order chi connectivity index (χ1) is 10.2. The summed E-state index contributed by atoms with van der Waals surface area (Å²) < 4.78 is 14.8. The number of pyridine rings is 1. The fourth-order valence-electron chi connectivity index (χ4n) is 2.08. The van der Waals surface area contributed by atoms with Crippen LogP contribution in [0.15, 0.2) is 53.1 Å². The van der Waals surface area contributed by atoms with Crippen LogP contribution < -0.4 is 5.32 Å². The number of fused-ring (bicyclic) bond motifs is 1. The molecule has 1 aromatic heterocycles. The highest BCUT2D eigenvalue weighted by Crippen LogP contribution is 2.30. The van der Waals surface area contributed by atoms with Gasteiger partial charge in [-0.1, -0.05) is 28.1 Å². The molecule has 0 spiro atoms. The maximum atomic E-state index is 13.8. The molecular weight excluding hydrogens is 333 g/mol. The van der Waals surface area contributed by atoms with Crippen molar-refractivity contribution in [3.8, 4) is 6.07 Å². The first kappa shape index (κ1) is 13.5. The van der Waals surface area contributed by atoms with E-state index in [1.165, 1.54) is 12.3 Å². The van der Waals surface area contributed by atoms with Crippen molar-refractivity contribution in [3.63, 3.8) is 0 Å². The van der Waals surface area contributed by atoms with Crippen molar-refractivity contribution in [2.24, 2.45) is 0 Å². The van der Waals surface area contributed by atoms with Crippen LogP contribution in [0.3, 0.4) is 0 Å². The van der Waals surface area contributed by atoms with Gasteiger partial charge in [-0.2, -0.15) is 5.26 Å².